The minimum Gasteiger partial charge on any atom is -0.454 e. The summed E-state index contributed by atoms with van der Waals surface area (Å²) < 4.78 is 10.2. The van der Waals surface area contributed by atoms with E-state index in [1.54, 1.807) is 0 Å². The Morgan fingerprint density at radius 3 is 2.64 bits per heavy atom. The maximum Gasteiger partial charge on any atom is 0.231 e. The molecule has 1 fully saturated rings. The normalized spacial score (nSPS) is 19.9. The van der Waals surface area contributed by atoms with Crippen molar-refractivity contribution in [2.45, 2.75) is 13.7 Å². The topological polar surface area (TPSA) is 35.5 Å². The third kappa shape index (κ3) is 1.89. The summed E-state index contributed by atoms with van der Waals surface area (Å²) in [5.74, 6) is 0.898. The fourth-order valence-electron chi connectivity index (χ4n) is 1.36. The van der Waals surface area contributed by atoms with Crippen molar-refractivity contribution < 1.29 is 14.3 Å². The molecule has 74 valence electrons. The predicted molar refractivity (Wildman–Crippen MR) is 56.0 cm³/mol. The molecule has 0 atom stereocenters. The summed E-state index contributed by atoms with van der Waals surface area (Å²) in [5, 5.41) is 0. The Morgan fingerprint density at radius 1 is 1.57 bits per heavy atom. The van der Waals surface area contributed by atoms with Crippen LogP contribution in [-0.4, -0.2) is 20.4 Å². The van der Waals surface area contributed by atoms with E-state index in [0.717, 1.165) is 19.0 Å². The van der Waals surface area contributed by atoms with Crippen LogP contribution in [-0.2, 0) is 14.3 Å². The first kappa shape index (κ1) is 10.6. The number of ether oxygens (including phenoxy) is 2. The third-order valence-electron chi connectivity index (χ3n) is 2.13. The molecule has 1 heterocycles. The summed E-state index contributed by atoms with van der Waals surface area (Å²) in [5.41, 5.74) is 1.49. The van der Waals surface area contributed by atoms with Gasteiger partial charge in [0.15, 0.2) is 25.1 Å². The molecule has 0 aliphatic carbocycles. The van der Waals surface area contributed by atoms with Crippen molar-refractivity contribution in [1.29, 1.82) is 0 Å². The Bertz CT molecular complexity index is 315. The van der Waals surface area contributed by atoms with Gasteiger partial charge in [-0.3, -0.25) is 4.79 Å². The van der Waals surface area contributed by atoms with E-state index in [4.69, 9.17) is 9.47 Å². The average Bonchev–Trinajstić information content (AvgIpc) is 2.61. The molecule has 0 spiro atoms. The average molecular weight is 192 g/mol. The zero-order valence-electron chi connectivity index (χ0n) is 8.50. The van der Waals surface area contributed by atoms with Gasteiger partial charge in [-0.05, 0) is 6.92 Å². The second-order valence-electron chi connectivity index (χ2n) is 2.86. The molecule has 0 aromatic carbocycles. The van der Waals surface area contributed by atoms with Crippen molar-refractivity contribution in [2.75, 3.05) is 6.79 Å². The molecule has 0 aromatic rings. The van der Waals surface area contributed by atoms with Gasteiger partial charge >= 0.3 is 0 Å². The molecule has 4 heteroatoms. The van der Waals surface area contributed by atoms with Gasteiger partial charge in [-0.25, -0.2) is 0 Å². The van der Waals surface area contributed by atoms with Gasteiger partial charge in [-0.15, -0.1) is 0 Å². The molecular formula is C10H13BO3. The van der Waals surface area contributed by atoms with Crippen LogP contribution in [0.5, 0.6) is 0 Å². The van der Waals surface area contributed by atoms with Crippen LogP contribution in [0.15, 0.2) is 35.2 Å². The van der Waals surface area contributed by atoms with Crippen molar-refractivity contribution >= 4 is 13.6 Å². The van der Waals surface area contributed by atoms with Gasteiger partial charge in [-0.2, -0.15) is 0 Å². The highest BCUT2D eigenvalue weighted by Gasteiger charge is 2.20. The van der Waals surface area contributed by atoms with E-state index < -0.39 is 0 Å². The fourth-order valence-corrected chi connectivity index (χ4v) is 1.36. The van der Waals surface area contributed by atoms with E-state index in [9.17, 15) is 4.79 Å². The lowest BCUT2D eigenvalue weighted by atomic mass is 9.68. The van der Waals surface area contributed by atoms with E-state index in [1.165, 1.54) is 0 Å². The van der Waals surface area contributed by atoms with E-state index in [-0.39, 0.29) is 6.79 Å². The first-order chi connectivity index (χ1) is 6.74. The van der Waals surface area contributed by atoms with Gasteiger partial charge in [0, 0.05) is 0 Å². The Hall–Kier alpha value is -1.45. The maximum atomic E-state index is 10.9. The number of carbonyl (C=O) groups is 1. The molecule has 0 amide bonds. The zero-order valence-corrected chi connectivity index (χ0v) is 8.50. The van der Waals surface area contributed by atoms with Crippen LogP contribution in [0.3, 0.4) is 0 Å². The van der Waals surface area contributed by atoms with E-state index >= 15 is 0 Å². The van der Waals surface area contributed by atoms with E-state index in [0.29, 0.717) is 17.1 Å². The van der Waals surface area contributed by atoms with Crippen LogP contribution in [0.4, 0.5) is 0 Å². The molecule has 1 saturated heterocycles. The number of hydrogen-bond donors (Lipinski definition) is 0. The van der Waals surface area contributed by atoms with E-state index in [2.05, 4.69) is 6.58 Å². The molecule has 0 unspecified atom stereocenters. The molecule has 1 rings (SSSR count). The van der Waals surface area contributed by atoms with Crippen molar-refractivity contribution in [3.8, 4) is 0 Å². The first-order valence-corrected chi connectivity index (χ1v) is 4.54. The molecule has 0 saturated carbocycles. The van der Waals surface area contributed by atoms with Gasteiger partial charge in [0.2, 0.25) is 6.79 Å². The molecule has 0 radical (unpaired) electrons. The second kappa shape index (κ2) is 4.70. The fraction of sp³-hybridized carbons (Fsp3) is 0.300. The number of hydrogen-bond acceptors (Lipinski definition) is 3. The smallest absolute Gasteiger partial charge is 0.231 e. The van der Waals surface area contributed by atoms with Crippen molar-refractivity contribution in [2.24, 2.45) is 0 Å². The van der Waals surface area contributed by atoms with Gasteiger partial charge in [-0.1, -0.05) is 25.0 Å². The Kier molecular flexibility index (Phi) is 3.57. The lowest BCUT2D eigenvalue weighted by Gasteiger charge is -2.05. The second-order valence-corrected chi connectivity index (χ2v) is 2.86. The van der Waals surface area contributed by atoms with Crippen LogP contribution in [0.2, 0.25) is 6.82 Å². The molecule has 0 N–H and O–H groups in total. The minimum absolute atomic E-state index is 0.145. The minimum atomic E-state index is 0.145. The molecule has 1 aliphatic rings. The zero-order chi connectivity index (χ0) is 10.6. The van der Waals surface area contributed by atoms with Crippen molar-refractivity contribution in [3.63, 3.8) is 0 Å². The number of carbonyl (C=O) groups excluding carboxylic acids is 1. The standard InChI is InChI=1S/C10H13BO3/c1-4-9(11-3)8(5-12)10-7(2)13-6-14-10/h4-5,11H,2,6H2,1,3H3/b9-4+,10-8+. The highest BCUT2D eigenvalue weighted by atomic mass is 16.7. The van der Waals surface area contributed by atoms with Crippen molar-refractivity contribution in [3.05, 3.63) is 35.2 Å². The van der Waals surface area contributed by atoms with Crippen LogP contribution in [0.25, 0.3) is 0 Å². The summed E-state index contributed by atoms with van der Waals surface area (Å²) in [4.78, 5) is 10.9. The van der Waals surface area contributed by atoms with Gasteiger partial charge in [0.25, 0.3) is 0 Å². The lowest BCUT2D eigenvalue weighted by molar-refractivity contribution is -0.104. The third-order valence-corrected chi connectivity index (χ3v) is 2.13. The quantitative estimate of drug-likeness (QED) is 0.384. The van der Waals surface area contributed by atoms with E-state index in [1.807, 2.05) is 19.8 Å². The Balaban J connectivity index is 3.11. The highest BCUT2D eigenvalue weighted by molar-refractivity contribution is 6.46. The maximum absolute atomic E-state index is 10.9. The van der Waals surface area contributed by atoms with Crippen LogP contribution in [0, 0.1) is 0 Å². The van der Waals surface area contributed by atoms with Gasteiger partial charge in [0.05, 0.1) is 5.57 Å². The molecule has 3 nitrogen and oxygen atoms in total. The summed E-state index contributed by atoms with van der Waals surface area (Å²) in [6, 6.07) is 0. The van der Waals surface area contributed by atoms with Gasteiger partial charge in [0.1, 0.15) is 0 Å². The summed E-state index contributed by atoms with van der Waals surface area (Å²) in [6.45, 7) is 7.68. The molecule has 0 aromatic heterocycles. The number of allylic oxidation sites excluding steroid dienone is 3. The highest BCUT2D eigenvalue weighted by Crippen LogP contribution is 2.25. The largest absolute Gasteiger partial charge is 0.454 e. The lowest BCUT2D eigenvalue weighted by Crippen LogP contribution is -2.02. The monoisotopic (exact) mass is 192 g/mol. The summed E-state index contributed by atoms with van der Waals surface area (Å²) >= 11 is 0. The number of aldehydes is 1. The molecule has 1 aliphatic heterocycles. The Morgan fingerprint density at radius 2 is 2.29 bits per heavy atom. The predicted octanol–water partition coefficient (Wildman–Crippen LogP) is 1.35. The first-order valence-electron chi connectivity index (χ1n) is 4.54. The molecular weight excluding hydrogens is 179 g/mol. The Labute approximate surface area is 84.3 Å². The SMILES string of the molecule is C=C1OCO/C1=C(C=O)/C(BC)=C\C. The summed E-state index contributed by atoms with van der Waals surface area (Å²) in [7, 11) is 0.782. The summed E-state index contributed by atoms with van der Waals surface area (Å²) in [6.07, 6.45) is 2.68. The molecule has 14 heavy (non-hydrogen) atoms. The van der Waals surface area contributed by atoms with Crippen molar-refractivity contribution in [1.82, 2.24) is 0 Å². The van der Waals surface area contributed by atoms with Crippen LogP contribution < -0.4 is 0 Å². The molecule has 0 bridgehead atoms. The van der Waals surface area contributed by atoms with Crippen LogP contribution in [0.1, 0.15) is 6.92 Å². The van der Waals surface area contributed by atoms with Gasteiger partial charge < -0.3 is 9.47 Å². The van der Waals surface area contributed by atoms with Crippen LogP contribution >= 0.6 is 0 Å². The number of rotatable bonds is 3.